The lowest BCUT2D eigenvalue weighted by molar-refractivity contribution is 0.102. The average molecular weight is 209 g/mol. The molecule has 76 valence electrons. The van der Waals surface area contributed by atoms with Crippen molar-refractivity contribution in [3.63, 3.8) is 0 Å². The van der Waals surface area contributed by atoms with Gasteiger partial charge in [0, 0.05) is 6.54 Å². The van der Waals surface area contributed by atoms with E-state index in [4.69, 9.17) is 0 Å². The SMILES string of the molecule is CC(=O)c1cc(CN2CCCC2)cs1. The van der Waals surface area contributed by atoms with Crippen LogP contribution in [0.3, 0.4) is 0 Å². The third kappa shape index (κ3) is 2.22. The minimum absolute atomic E-state index is 0.183. The topological polar surface area (TPSA) is 20.3 Å². The van der Waals surface area contributed by atoms with Gasteiger partial charge in [-0.1, -0.05) is 0 Å². The summed E-state index contributed by atoms with van der Waals surface area (Å²) >= 11 is 1.56. The number of hydrogen-bond donors (Lipinski definition) is 0. The Morgan fingerprint density at radius 1 is 1.50 bits per heavy atom. The molecule has 0 unspecified atom stereocenters. The van der Waals surface area contributed by atoms with Crippen LogP contribution in [0, 0.1) is 0 Å². The van der Waals surface area contributed by atoms with Gasteiger partial charge in [0.15, 0.2) is 5.78 Å². The van der Waals surface area contributed by atoms with Gasteiger partial charge in [0.1, 0.15) is 0 Å². The summed E-state index contributed by atoms with van der Waals surface area (Å²) in [5.41, 5.74) is 1.29. The number of hydrogen-bond acceptors (Lipinski definition) is 3. The van der Waals surface area contributed by atoms with Gasteiger partial charge in [-0.25, -0.2) is 0 Å². The zero-order valence-electron chi connectivity index (χ0n) is 8.45. The Bertz CT molecular complexity index is 326. The molecule has 0 bridgehead atoms. The van der Waals surface area contributed by atoms with E-state index in [1.165, 1.54) is 31.5 Å². The highest BCUT2D eigenvalue weighted by Crippen LogP contribution is 2.19. The fourth-order valence-corrected chi connectivity index (χ4v) is 2.65. The van der Waals surface area contributed by atoms with E-state index in [1.54, 1.807) is 18.3 Å². The van der Waals surface area contributed by atoms with Gasteiger partial charge >= 0.3 is 0 Å². The number of nitrogens with zero attached hydrogens (tertiary/aromatic N) is 1. The predicted molar refractivity (Wildman–Crippen MR) is 58.8 cm³/mol. The van der Waals surface area contributed by atoms with Crippen molar-refractivity contribution in [3.8, 4) is 0 Å². The van der Waals surface area contributed by atoms with Gasteiger partial charge in [0.05, 0.1) is 4.88 Å². The summed E-state index contributed by atoms with van der Waals surface area (Å²) in [5.74, 6) is 0.183. The zero-order valence-corrected chi connectivity index (χ0v) is 9.27. The maximum Gasteiger partial charge on any atom is 0.169 e. The van der Waals surface area contributed by atoms with Gasteiger partial charge in [-0.2, -0.15) is 0 Å². The molecule has 1 aliphatic heterocycles. The third-order valence-corrected chi connectivity index (χ3v) is 3.69. The fourth-order valence-electron chi connectivity index (χ4n) is 1.84. The van der Waals surface area contributed by atoms with Crippen molar-refractivity contribution < 1.29 is 4.79 Å². The molecule has 0 aromatic carbocycles. The summed E-state index contributed by atoms with van der Waals surface area (Å²) in [6.45, 7) is 5.08. The Hall–Kier alpha value is -0.670. The van der Waals surface area contributed by atoms with Crippen LogP contribution in [0.15, 0.2) is 11.4 Å². The number of carbonyl (C=O) groups is 1. The van der Waals surface area contributed by atoms with Gasteiger partial charge in [-0.15, -0.1) is 11.3 Å². The molecule has 1 aliphatic rings. The van der Waals surface area contributed by atoms with Crippen LogP contribution in [0.5, 0.6) is 0 Å². The molecule has 1 aromatic heterocycles. The van der Waals surface area contributed by atoms with Gasteiger partial charge in [0.25, 0.3) is 0 Å². The average Bonchev–Trinajstić information content (AvgIpc) is 2.75. The van der Waals surface area contributed by atoms with Crippen LogP contribution in [0.1, 0.15) is 35.0 Å². The maximum absolute atomic E-state index is 11.1. The van der Waals surface area contributed by atoms with Crippen molar-refractivity contribution >= 4 is 17.1 Å². The van der Waals surface area contributed by atoms with E-state index in [0.29, 0.717) is 0 Å². The van der Waals surface area contributed by atoms with Crippen molar-refractivity contribution in [3.05, 3.63) is 21.9 Å². The first-order chi connectivity index (χ1) is 6.75. The van der Waals surface area contributed by atoms with Crippen LogP contribution >= 0.6 is 11.3 Å². The summed E-state index contributed by atoms with van der Waals surface area (Å²) in [6.07, 6.45) is 2.65. The molecule has 3 heteroatoms. The van der Waals surface area contributed by atoms with Gasteiger partial charge in [0.2, 0.25) is 0 Å². The molecule has 0 N–H and O–H groups in total. The Labute approximate surface area is 88.5 Å². The molecule has 2 heterocycles. The lowest BCUT2D eigenvalue weighted by Crippen LogP contribution is -2.17. The number of thiophene rings is 1. The summed E-state index contributed by atoms with van der Waals surface area (Å²) in [6, 6.07) is 2.03. The Kier molecular flexibility index (Phi) is 2.99. The molecular formula is C11H15NOS. The van der Waals surface area contributed by atoms with Gasteiger partial charge in [-0.3, -0.25) is 9.69 Å². The van der Waals surface area contributed by atoms with E-state index in [-0.39, 0.29) is 5.78 Å². The van der Waals surface area contributed by atoms with E-state index in [0.717, 1.165) is 11.4 Å². The molecular weight excluding hydrogens is 194 g/mol. The van der Waals surface area contributed by atoms with Crippen LogP contribution in [-0.2, 0) is 6.54 Å². The monoisotopic (exact) mass is 209 g/mol. The van der Waals surface area contributed by atoms with Crippen molar-refractivity contribution in [2.75, 3.05) is 13.1 Å². The Balaban J connectivity index is 1.98. The summed E-state index contributed by atoms with van der Waals surface area (Å²) in [5, 5.41) is 2.11. The third-order valence-electron chi connectivity index (χ3n) is 2.61. The first kappa shape index (κ1) is 9.87. The summed E-state index contributed by atoms with van der Waals surface area (Å²) in [4.78, 5) is 14.4. The van der Waals surface area contributed by atoms with E-state index in [2.05, 4.69) is 10.3 Å². The normalized spacial score (nSPS) is 17.5. The van der Waals surface area contributed by atoms with Crippen LogP contribution in [0.2, 0.25) is 0 Å². The number of likely N-dealkylation sites (tertiary alicyclic amines) is 1. The molecule has 0 radical (unpaired) electrons. The first-order valence-corrected chi connectivity index (χ1v) is 5.94. The number of Topliss-reactive ketones (excluding diaryl/α,β-unsaturated/α-hetero) is 1. The van der Waals surface area contributed by atoms with E-state index in [9.17, 15) is 4.79 Å². The number of rotatable bonds is 3. The van der Waals surface area contributed by atoms with Crippen molar-refractivity contribution in [1.29, 1.82) is 0 Å². The number of ketones is 1. The molecule has 0 aliphatic carbocycles. The molecule has 1 aromatic rings. The summed E-state index contributed by atoms with van der Waals surface area (Å²) in [7, 11) is 0. The van der Waals surface area contributed by atoms with E-state index in [1.807, 2.05) is 6.07 Å². The molecule has 1 fully saturated rings. The van der Waals surface area contributed by atoms with Crippen molar-refractivity contribution in [2.24, 2.45) is 0 Å². The maximum atomic E-state index is 11.1. The van der Waals surface area contributed by atoms with Crippen LogP contribution in [-0.4, -0.2) is 23.8 Å². The van der Waals surface area contributed by atoms with Gasteiger partial charge < -0.3 is 0 Å². The zero-order chi connectivity index (χ0) is 9.97. The van der Waals surface area contributed by atoms with E-state index >= 15 is 0 Å². The molecule has 2 rings (SSSR count). The second-order valence-electron chi connectivity index (χ2n) is 3.86. The Morgan fingerprint density at radius 2 is 2.21 bits per heavy atom. The van der Waals surface area contributed by atoms with Crippen LogP contribution in [0.25, 0.3) is 0 Å². The van der Waals surface area contributed by atoms with Crippen molar-refractivity contribution in [2.45, 2.75) is 26.3 Å². The summed E-state index contributed by atoms with van der Waals surface area (Å²) < 4.78 is 0. The molecule has 14 heavy (non-hydrogen) atoms. The minimum atomic E-state index is 0.183. The molecule has 0 atom stereocenters. The quantitative estimate of drug-likeness (QED) is 0.713. The highest BCUT2D eigenvalue weighted by molar-refractivity contribution is 7.12. The second kappa shape index (κ2) is 4.24. The smallest absolute Gasteiger partial charge is 0.169 e. The lowest BCUT2D eigenvalue weighted by Gasteiger charge is -2.12. The fraction of sp³-hybridized carbons (Fsp3) is 0.545. The molecule has 0 saturated carbocycles. The van der Waals surface area contributed by atoms with Crippen LogP contribution < -0.4 is 0 Å². The van der Waals surface area contributed by atoms with Gasteiger partial charge in [-0.05, 0) is 49.9 Å². The highest BCUT2D eigenvalue weighted by atomic mass is 32.1. The Morgan fingerprint density at radius 3 is 2.79 bits per heavy atom. The highest BCUT2D eigenvalue weighted by Gasteiger charge is 2.13. The second-order valence-corrected chi connectivity index (χ2v) is 4.77. The lowest BCUT2D eigenvalue weighted by atomic mass is 10.2. The molecule has 2 nitrogen and oxygen atoms in total. The first-order valence-electron chi connectivity index (χ1n) is 5.06. The molecule has 1 saturated heterocycles. The minimum Gasteiger partial charge on any atom is -0.299 e. The van der Waals surface area contributed by atoms with Crippen LogP contribution in [0.4, 0.5) is 0 Å². The van der Waals surface area contributed by atoms with E-state index < -0.39 is 0 Å². The predicted octanol–water partition coefficient (Wildman–Crippen LogP) is 2.55. The number of carbonyl (C=O) groups excluding carboxylic acids is 1. The largest absolute Gasteiger partial charge is 0.299 e. The van der Waals surface area contributed by atoms with Crippen molar-refractivity contribution in [1.82, 2.24) is 4.90 Å². The molecule has 0 spiro atoms. The standard InChI is InChI=1S/C11H15NOS/c1-9(13)11-6-10(8-14-11)7-12-4-2-3-5-12/h6,8H,2-5,7H2,1H3. The molecule has 0 amide bonds.